The first-order valence-corrected chi connectivity index (χ1v) is 16.7. The van der Waals surface area contributed by atoms with Crippen LogP contribution in [0.4, 0.5) is 17.6 Å². The van der Waals surface area contributed by atoms with Gasteiger partial charge in [-0.25, -0.2) is 4.39 Å². The molecule has 5 atom stereocenters. The van der Waals surface area contributed by atoms with Crippen molar-refractivity contribution in [1.29, 1.82) is 0 Å². The molecule has 0 unspecified atom stereocenters. The van der Waals surface area contributed by atoms with Crippen LogP contribution in [-0.2, 0) is 21.4 Å². The predicted octanol–water partition coefficient (Wildman–Crippen LogP) is 5.19. The molecule has 1 saturated carbocycles. The fourth-order valence-electron chi connectivity index (χ4n) is 8.87. The number of carbonyl (C=O) groups excluding carboxylic acids is 2. The molecule has 6 rings (SSSR count). The molecule has 0 aromatic heterocycles. The van der Waals surface area contributed by atoms with Gasteiger partial charge in [0.05, 0.1) is 18.5 Å². The number of amides is 1. The van der Waals surface area contributed by atoms with Crippen molar-refractivity contribution in [2.24, 2.45) is 17.8 Å². The number of nitrogens with two attached hydrogens (primary N) is 1. The Labute approximate surface area is 263 Å². The maximum atomic E-state index is 15.9. The fraction of sp³-hybridized carbons (Fsp3) is 0.611. The second-order valence-electron chi connectivity index (χ2n) is 14.0. The van der Waals surface area contributed by atoms with E-state index >= 15 is 4.39 Å². The standard InChI is InChI=1S/C34H45FN2O.C2HF3O2/c1-23-13-15-34(32-28(17-23)18-24(2)19-30(32)35)22-36-21-29(34)33(38)37-16-14-27(25-9-5-3-6-10-25)20-31(37)26-11-7-4-8-12-26;3-2(4,5)1(6)7/h3,5-6,9-10,18-19,23,26-27,29,31,36H,4,7-8,11-17,20-22H2,1-2H3;(H,6,7)/t23-,27+,29-,31-,34+;/m0./s1. The molecule has 5 nitrogen and oxygen atoms in total. The predicted molar refractivity (Wildman–Crippen MR) is 162 cm³/mol. The van der Waals surface area contributed by atoms with Crippen molar-refractivity contribution in [3.8, 4) is 0 Å². The number of quaternary nitrogens is 1. The number of carboxylic acid groups (broad SMARTS) is 1. The van der Waals surface area contributed by atoms with Crippen molar-refractivity contribution in [3.05, 3.63) is 70.5 Å². The number of aliphatic carboxylic acids is 1. The Morgan fingerprint density at radius 2 is 1.71 bits per heavy atom. The van der Waals surface area contributed by atoms with Crippen LogP contribution in [0.5, 0.6) is 0 Å². The lowest BCUT2D eigenvalue weighted by Crippen LogP contribution is -2.82. The third-order valence-electron chi connectivity index (χ3n) is 11.0. The van der Waals surface area contributed by atoms with E-state index in [1.54, 1.807) is 6.07 Å². The quantitative estimate of drug-likeness (QED) is 0.475. The number of carboxylic acids is 1. The summed E-state index contributed by atoms with van der Waals surface area (Å²) in [6, 6.07) is 15.2. The highest BCUT2D eigenvalue weighted by molar-refractivity contribution is 5.82. The molecule has 2 aromatic carbocycles. The topological polar surface area (TPSA) is 77.0 Å². The van der Waals surface area contributed by atoms with Gasteiger partial charge in [-0.3, -0.25) is 4.79 Å². The third kappa shape index (κ3) is 7.23. The highest BCUT2D eigenvalue weighted by Gasteiger charge is 2.56. The molecule has 4 aliphatic rings. The average Bonchev–Trinajstić information content (AvgIpc) is 3.37. The molecule has 2 saturated heterocycles. The van der Waals surface area contributed by atoms with Crippen LogP contribution in [0, 0.1) is 30.5 Å². The van der Waals surface area contributed by atoms with Gasteiger partial charge in [0.15, 0.2) is 0 Å². The van der Waals surface area contributed by atoms with Crippen molar-refractivity contribution in [1.82, 2.24) is 4.90 Å². The number of halogens is 4. The summed E-state index contributed by atoms with van der Waals surface area (Å²) in [5, 5.41) is 11.1. The zero-order valence-corrected chi connectivity index (χ0v) is 26.4. The van der Waals surface area contributed by atoms with Crippen molar-refractivity contribution in [2.45, 2.75) is 102 Å². The maximum absolute atomic E-state index is 15.9. The highest BCUT2D eigenvalue weighted by Crippen LogP contribution is 2.47. The summed E-state index contributed by atoms with van der Waals surface area (Å²) in [7, 11) is 0. The lowest BCUT2D eigenvalue weighted by atomic mass is 9.67. The molecule has 0 radical (unpaired) electrons. The summed E-state index contributed by atoms with van der Waals surface area (Å²) in [5.74, 6) is -1.26. The van der Waals surface area contributed by atoms with Gasteiger partial charge >= 0.3 is 6.18 Å². The SMILES string of the molecule is Cc1cc(F)c2c(c1)C[C@@H](C)CC[C@]21C[NH2+]C[C@H]1C(=O)N1CC[C@@H](c2ccccc2)C[C@H]1C1CCCCC1.O=C([O-])C(F)(F)F. The third-order valence-corrected chi connectivity index (χ3v) is 11.0. The minimum atomic E-state index is -5.19. The van der Waals surface area contributed by atoms with Gasteiger partial charge in [0, 0.05) is 18.2 Å². The number of likely N-dealkylation sites (tertiary alicyclic amines) is 1. The Balaban J connectivity index is 0.000000515. The van der Waals surface area contributed by atoms with Crippen LogP contribution in [0.3, 0.4) is 0 Å². The second kappa shape index (κ2) is 13.8. The zero-order valence-electron chi connectivity index (χ0n) is 26.4. The van der Waals surface area contributed by atoms with E-state index in [1.807, 2.05) is 6.92 Å². The van der Waals surface area contributed by atoms with E-state index in [9.17, 15) is 18.0 Å². The summed E-state index contributed by atoms with van der Waals surface area (Å²) in [6.07, 6.45) is 6.20. The maximum Gasteiger partial charge on any atom is 0.430 e. The number of hydrogen-bond donors (Lipinski definition) is 1. The zero-order chi connectivity index (χ0) is 32.4. The molecule has 2 N–H and O–H groups in total. The summed E-state index contributed by atoms with van der Waals surface area (Å²) in [6.45, 7) is 6.76. The molecule has 1 spiro atoms. The van der Waals surface area contributed by atoms with E-state index in [0.717, 1.165) is 68.4 Å². The molecule has 2 heterocycles. The van der Waals surface area contributed by atoms with Crippen molar-refractivity contribution in [3.63, 3.8) is 0 Å². The van der Waals surface area contributed by atoms with Crippen LogP contribution >= 0.6 is 0 Å². The van der Waals surface area contributed by atoms with Gasteiger partial charge in [-0.05, 0) is 92.4 Å². The Kier molecular flexibility index (Phi) is 10.3. The summed E-state index contributed by atoms with van der Waals surface area (Å²) < 4.78 is 47.4. The molecule has 246 valence electrons. The first-order chi connectivity index (χ1) is 21.4. The van der Waals surface area contributed by atoms with E-state index in [2.05, 4.69) is 53.5 Å². The highest BCUT2D eigenvalue weighted by atomic mass is 19.4. The first kappa shape index (κ1) is 33.4. The molecule has 2 aliphatic carbocycles. The molecular weight excluding hydrogens is 584 g/mol. The molecule has 3 fully saturated rings. The summed E-state index contributed by atoms with van der Waals surface area (Å²) >= 11 is 0. The number of rotatable bonds is 3. The largest absolute Gasteiger partial charge is 0.542 e. The van der Waals surface area contributed by atoms with E-state index in [1.165, 1.54) is 37.7 Å². The number of aryl methyl sites for hydroxylation is 1. The van der Waals surface area contributed by atoms with Gasteiger partial charge in [-0.1, -0.05) is 62.6 Å². The molecule has 2 aliphatic heterocycles. The van der Waals surface area contributed by atoms with Gasteiger partial charge in [0.25, 0.3) is 0 Å². The van der Waals surface area contributed by atoms with Crippen LogP contribution in [0.25, 0.3) is 0 Å². The number of benzene rings is 2. The van der Waals surface area contributed by atoms with E-state index in [-0.39, 0.29) is 17.2 Å². The number of fused-ring (bicyclic) bond motifs is 2. The normalized spacial score (nSPS) is 29.0. The van der Waals surface area contributed by atoms with E-state index in [0.29, 0.717) is 29.7 Å². The Bertz CT molecular complexity index is 1340. The Hall–Kier alpha value is -2.94. The fourth-order valence-corrected chi connectivity index (χ4v) is 8.87. The van der Waals surface area contributed by atoms with Gasteiger partial charge in [0.2, 0.25) is 5.91 Å². The van der Waals surface area contributed by atoms with Crippen molar-refractivity contribution < 1.29 is 37.6 Å². The number of nitrogens with zero attached hydrogens (tertiary/aromatic N) is 1. The van der Waals surface area contributed by atoms with Crippen molar-refractivity contribution >= 4 is 11.9 Å². The first-order valence-electron chi connectivity index (χ1n) is 16.7. The lowest BCUT2D eigenvalue weighted by molar-refractivity contribution is -0.640. The minimum Gasteiger partial charge on any atom is -0.542 e. The van der Waals surface area contributed by atoms with Gasteiger partial charge in [0.1, 0.15) is 17.7 Å². The molecule has 1 amide bonds. The number of hydrogen-bond acceptors (Lipinski definition) is 3. The lowest BCUT2D eigenvalue weighted by Gasteiger charge is -2.47. The molecule has 0 bridgehead atoms. The van der Waals surface area contributed by atoms with E-state index in [4.69, 9.17) is 9.90 Å². The molecule has 9 heteroatoms. The summed E-state index contributed by atoms with van der Waals surface area (Å²) in [4.78, 5) is 25.8. The van der Waals surface area contributed by atoms with Crippen LogP contribution in [0.2, 0.25) is 0 Å². The minimum absolute atomic E-state index is 0.0752. The van der Waals surface area contributed by atoms with Crippen LogP contribution < -0.4 is 10.4 Å². The van der Waals surface area contributed by atoms with Crippen LogP contribution in [0.1, 0.15) is 92.9 Å². The van der Waals surface area contributed by atoms with Crippen LogP contribution in [-0.4, -0.2) is 48.6 Å². The number of carbonyl (C=O) groups is 2. The molecular formula is C36H46F4N2O3. The summed E-state index contributed by atoms with van der Waals surface area (Å²) in [5.41, 5.74) is 4.08. The van der Waals surface area contributed by atoms with Gasteiger partial charge < -0.3 is 20.1 Å². The van der Waals surface area contributed by atoms with E-state index < -0.39 is 12.1 Å². The Morgan fingerprint density at radius 3 is 2.38 bits per heavy atom. The van der Waals surface area contributed by atoms with Crippen molar-refractivity contribution in [2.75, 3.05) is 19.6 Å². The van der Waals surface area contributed by atoms with Crippen LogP contribution in [0.15, 0.2) is 42.5 Å². The smallest absolute Gasteiger partial charge is 0.430 e. The monoisotopic (exact) mass is 630 g/mol. The molecule has 2 aromatic rings. The van der Waals surface area contributed by atoms with Gasteiger partial charge in [-0.2, -0.15) is 13.2 Å². The second-order valence-corrected chi connectivity index (χ2v) is 14.0. The number of alkyl halides is 3. The van der Waals surface area contributed by atoms with Gasteiger partial charge in [-0.15, -0.1) is 0 Å². The average molecular weight is 631 g/mol. The Morgan fingerprint density at radius 1 is 1.02 bits per heavy atom. The molecule has 45 heavy (non-hydrogen) atoms. The number of piperidine rings is 1.